The van der Waals surface area contributed by atoms with Crippen LogP contribution in [0.15, 0.2) is 76.4 Å². The summed E-state index contributed by atoms with van der Waals surface area (Å²) in [6.45, 7) is 8.57. The number of hydrogen-bond acceptors (Lipinski definition) is 2. The van der Waals surface area contributed by atoms with Crippen LogP contribution >= 0.6 is 12.6 Å². The third-order valence-electron chi connectivity index (χ3n) is 4.54. The molecule has 0 atom stereocenters. The van der Waals surface area contributed by atoms with Crippen molar-refractivity contribution in [3.8, 4) is 12.8 Å². The molecule has 1 heterocycles. The number of piperidine rings is 1. The minimum absolute atomic E-state index is 0.220. The van der Waals surface area contributed by atoms with Crippen LogP contribution in [-0.4, -0.2) is 24.7 Å². The highest BCUT2D eigenvalue weighted by atomic mass is 32.1. The molecular weight excluding hydrogens is 458 g/mol. The van der Waals surface area contributed by atoms with Gasteiger partial charge in [-0.05, 0) is 74.9 Å². The fourth-order valence-electron chi connectivity index (χ4n) is 2.99. The van der Waals surface area contributed by atoms with Crippen LogP contribution in [0.3, 0.4) is 0 Å². The summed E-state index contributed by atoms with van der Waals surface area (Å²) in [5, 5.41) is 0. The van der Waals surface area contributed by atoms with Crippen molar-refractivity contribution in [2.75, 3.05) is 13.6 Å². The van der Waals surface area contributed by atoms with Gasteiger partial charge < -0.3 is 4.90 Å². The second-order valence-electron chi connectivity index (χ2n) is 7.04. The molecule has 1 saturated heterocycles. The van der Waals surface area contributed by atoms with E-state index in [0.29, 0.717) is 18.4 Å². The van der Waals surface area contributed by atoms with E-state index in [1.165, 1.54) is 36.4 Å². The fourth-order valence-corrected chi connectivity index (χ4v) is 3.14. The van der Waals surface area contributed by atoms with E-state index in [1.807, 2.05) is 27.8 Å². The lowest BCUT2D eigenvalue weighted by molar-refractivity contribution is -0.0884. The highest BCUT2D eigenvalue weighted by Gasteiger charge is 2.31. The van der Waals surface area contributed by atoms with Crippen LogP contribution in [0.5, 0.6) is 0 Å². The van der Waals surface area contributed by atoms with Crippen molar-refractivity contribution in [3.63, 3.8) is 0 Å². The van der Waals surface area contributed by atoms with Crippen molar-refractivity contribution in [2.24, 2.45) is 0 Å². The number of thiol groups is 1. The first-order valence-corrected chi connectivity index (χ1v) is 11.9. The molecule has 190 valence electrons. The van der Waals surface area contributed by atoms with Gasteiger partial charge in [0.15, 0.2) is 0 Å². The monoisotopic (exact) mass is 497 g/mol. The van der Waals surface area contributed by atoms with Gasteiger partial charge in [0.2, 0.25) is 0 Å². The van der Waals surface area contributed by atoms with Crippen molar-refractivity contribution in [3.05, 3.63) is 77.3 Å². The minimum Gasteiger partial charge on any atom is -0.378 e. The van der Waals surface area contributed by atoms with Crippen LogP contribution in [0, 0.1) is 18.7 Å². The van der Waals surface area contributed by atoms with E-state index in [4.69, 9.17) is 0 Å². The average molecular weight is 498 g/mol. The molecule has 1 aliphatic heterocycles. The first kappa shape index (κ1) is 33.8. The van der Waals surface area contributed by atoms with E-state index >= 15 is 0 Å². The molecule has 1 nitrogen and oxygen atoms in total. The number of allylic oxidation sites excluding steroid dienone is 8. The average Bonchev–Trinajstić information content (AvgIpc) is 2.82. The molecule has 0 N–H and O–H groups in total. The number of alkyl halides is 3. The molecule has 0 unspecified atom stereocenters. The minimum atomic E-state index is -4.29. The van der Waals surface area contributed by atoms with Crippen molar-refractivity contribution in [1.29, 1.82) is 0 Å². The first-order chi connectivity index (χ1) is 16.2. The number of likely N-dealkylation sites (tertiary alicyclic amines) is 1. The summed E-state index contributed by atoms with van der Waals surface area (Å²) in [7, 11) is 2.04. The summed E-state index contributed by atoms with van der Waals surface area (Å²) in [4.78, 5) is 2.98. The Kier molecular flexibility index (Phi) is 19.9. The Balaban J connectivity index is 0. The molecule has 0 aromatic heterocycles. The third kappa shape index (κ3) is 15.4. The van der Waals surface area contributed by atoms with Crippen LogP contribution in [0.1, 0.15) is 59.8 Å². The van der Waals surface area contributed by atoms with Gasteiger partial charge in [-0.15, -0.1) is 25.5 Å². The van der Waals surface area contributed by atoms with Gasteiger partial charge >= 0.3 is 6.18 Å². The molecule has 1 aliphatic rings. The van der Waals surface area contributed by atoms with Gasteiger partial charge in [-0.3, -0.25) is 0 Å². The summed E-state index contributed by atoms with van der Waals surface area (Å²) < 4.78 is 51.1. The van der Waals surface area contributed by atoms with E-state index in [-0.39, 0.29) is 5.82 Å². The molecule has 0 aliphatic carbocycles. The molecule has 1 fully saturated rings. The highest BCUT2D eigenvalue weighted by Crippen LogP contribution is 2.29. The molecule has 6 heteroatoms. The van der Waals surface area contributed by atoms with E-state index in [9.17, 15) is 17.6 Å². The molecule has 34 heavy (non-hydrogen) atoms. The maximum absolute atomic E-state index is 13.0. The topological polar surface area (TPSA) is 3.24 Å². The third-order valence-corrected chi connectivity index (χ3v) is 4.84. The Labute approximate surface area is 209 Å². The van der Waals surface area contributed by atoms with Gasteiger partial charge in [0.1, 0.15) is 5.82 Å². The predicted molar refractivity (Wildman–Crippen MR) is 141 cm³/mol. The van der Waals surface area contributed by atoms with Crippen molar-refractivity contribution >= 4 is 12.6 Å². The zero-order valence-electron chi connectivity index (χ0n) is 21.0. The summed E-state index contributed by atoms with van der Waals surface area (Å²) in [5.41, 5.74) is 1.36. The van der Waals surface area contributed by atoms with Crippen LogP contribution in [0.25, 0.3) is 0 Å². The Morgan fingerprint density at radius 3 is 2.15 bits per heavy atom. The van der Waals surface area contributed by atoms with Gasteiger partial charge in [-0.25, -0.2) is 4.39 Å². The van der Waals surface area contributed by atoms with E-state index < -0.39 is 11.7 Å². The number of hydrogen-bond donors (Lipinski definition) is 1. The molecule has 0 amide bonds. The first-order valence-electron chi connectivity index (χ1n) is 11.5. The fraction of sp³-hybridized carbons (Fsp3) is 0.429. The number of rotatable bonds is 5. The van der Waals surface area contributed by atoms with Crippen LogP contribution in [0.2, 0.25) is 0 Å². The molecule has 0 bridgehead atoms. The molecular formula is C28H39F4NS. The Bertz CT molecular complexity index is 779. The highest BCUT2D eigenvalue weighted by molar-refractivity contribution is 7.80. The van der Waals surface area contributed by atoms with Crippen molar-refractivity contribution < 1.29 is 17.6 Å². The van der Waals surface area contributed by atoms with Gasteiger partial charge in [-0.2, -0.15) is 13.2 Å². The standard InChI is InChI=1S/C18H26F3N.C6H5FS.C2H6.C2H2/c1-4-8-15(14-16(9-5-2)18(19,20)21)11-12-17-10-6-7-13-22(17)3;7-5-1-3-6(8)4-2-5;2*1-2/h4,8-9,12,14H,5-7,10-11,13H2,1-3H3;1-4,8H;1-2H3;1-2H/b8-4-,15-14+,16-9-,17-12-;;;. The summed E-state index contributed by atoms with van der Waals surface area (Å²) in [6.07, 6.45) is 16.1. The van der Waals surface area contributed by atoms with Gasteiger partial charge in [-0.1, -0.05) is 45.1 Å². The predicted octanol–water partition coefficient (Wildman–Crippen LogP) is 9.17. The summed E-state index contributed by atoms with van der Waals surface area (Å²) in [6, 6.07) is 5.97. The van der Waals surface area contributed by atoms with Crippen LogP contribution < -0.4 is 0 Å². The molecule has 1 aromatic rings. The lowest BCUT2D eigenvalue weighted by Crippen LogP contribution is -2.23. The molecule has 1 aromatic carbocycles. The quantitative estimate of drug-likeness (QED) is 0.184. The Morgan fingerprint density at radius 1 is 1.12 bits per heavy atom. The summed E-state index contributed by atoms with van der Waals surface area (Å²) in [5.74, 6) is -0.220. The molecule has 0 radical (unpaired) electrons. The van der Waals surface area contributed by atoms with Crippen molar-refractivity contribution in [2.45, 2.75) is 70.9 Å². The molecule has 2 rings (SSSR count). The molecule has 0 spiro atoms. The van der Waals surface area contributed by atoms with Crippen LogP contribution in [0.4, 0.5) is 17.6 Å². The second kappa shape index (κ2) is 20.0. The zero-order valence-corrected chi connectivity index (χ0v) is 21.9. The second-order valence-corrected chi connectivity index (χ2v) is 7.56. The van der Waals surface area contributed by atoms with E-state index in [1.54, 1.807) is 31.2 Å². The SMILES string of the molecule is C#C.CC.C\C=C/C(=C\C(=C\CC)C(F)(F)F)C/C=C1/CCCCN1C.Fc1ccc(S)cc1. The normalized spacial score (nSPS) is 15.5. The van der Waals surface area contributed by atoms with Crippen molar-refractivity contribution in [1.82, 2.24) is 4.90 Å². The zero-order chi connectivity index (χ0) is 26.6. The lowest BCUT2D eigenvalue weighted by atomic mass is 10.0. The van der Waals surface area contributed by atoms with Crippen LogP contribution in [-0.2, 0) is 0 Å². The smallest absolute Gasteiger partial charge is 0.378 e. The van der Waals surface area contributed by atoms with E-state index in [0.717, 1.165) is 24.3 Å². The largest absolute Gasteiger partial charge is 0.416 e. The van der Waals surface area contributed by atoms with Gasteiger partial charge in [0.05, 0.1) is 5.57 Å². The number of nitrogens with zero attached hydrogens (tertiary/aromatic N) is 1. The number of halogens is 4. The van der Waals surface area contributed by atoms with Gasteiger partial charge in [0.25, 0.3) is 0 Å². The number of terminal acetylenes is 1. The van der Waals surface area contributed by atoms with E-state index in [2.05, 4.69) is 36.5 Å². The Hall–Kier alpha value is -2.39. The molecule has 0 saturated carbocycles. The maximum atomic E-state index is 13.0. The number of benzene rings is 1. The maximum Gasteiger partial charge on any atom is 0.416 e. The Morgan fingerprint density at radius 2 is 1.71 bits per heavy atom. The van der Waals surface area contributed by atoms with Gasteiger partial charge in [0, 0.05) is 24.2 Å². The summed E-state index contributed by atoms with van der Waals surface area (Å²) >= 11 is 3.97. The lowest BCUT2D eigenvalue weighted by Gasteiger charge is -2.27.